The molecule has 0 aromatic heterocycles. The van der Waals surface area contributed by atoms with Gasteiger partial charge < -0.3 is 0 Å². The minimum atomic E-state index is -0.505. The lowest BCUT2D eigenvalue weighted by Crippen LogP contribution is -2.42. The van der Waals surface area contributed by atoms with Gasteiger partial charge in [0.1, 0.15) is 0 Å². The molecule has 0 atom stereocenters. The molecule has 0 aliphatic heterocycles. The Bertz CT molecular complexity index is 1030. The van der Waals surface area contributed by atoms with Crippen LogP contribution in [0, 0.1) is 0 Å². The third-order valence-electron chi connectivity index (χ3n) is 5.01. The maximum atomic E-state index is 12.2. The zero-order chi connectivity index (χ0) is 24.2. The van der Waals surface area contributed by atoms with Crippen LogP contribution in [0.3, 0.4) is 0 Å². The summed E-state index contributed by atoms with van der Waals surface area (Å²) >= 11 is 0. The first-order valence-corrected chi connectivity index (χ1v) is 10.9. The summed E-state index contributed by atoms with van der Waals surface area (Å²) < 4.78 is 0. The molecule has 0 spiro atoms. The molecule has 0 aliphatic carbocycles. The van der Waals surface area contributed by atoms with E-state index in [-0.39, 0.29) is 35.8 Å². The minimum absolute atomic E-state index is 0.237. The van der Waals surface area contributed by atoms with E-state index in [1.165, 1.54) is 24.3 Å². The molecule has 3 rings (SSSR count). The van der Waals surface area contributed by atoms with Crippen molar-refractivity contribution in [3.8, 4) is 0 Å². The number of nitrogens with one attached hydrogen (secondary N) is 4. The van der Waals surface area contributed by atoms with E-state index in [9.17, 15) is 19.2 Å². The van der Waals surface area contributed by atoms with Gasteiger partial charge in [-0.05, 0) is 48.2 Å². The van der Waals surface area contributed by atoms with Crippen molar-refractivity contribution in [2.45, 2.75) is 25.7 Å². The largest absolute Gasteiger partial charge is 0.273 e. The van der Waals surface area contributed by atoms with Crippen LogP contribution in [0.25, 0.3) is 0 Å². The molecule has 8 heteroatoms. The van der Waals surface area contributed by atoms with E-state index in [1.54, 1.807) is 0 Å². The fraction of sp³-hybridized carbons (Fsp3) is 0.154. The Kier molecular flexibility index (Phi) is 8.92. The first-order valence-electron chi connectivity index (χ1n) is 10.9. The molecule has 0 heterocycles. The van der Waals surface area contributed by atoms with Gasteiger partial charge in [-0.3, -0.25) is 40.9 Å². The van der Waals surface area contributed by atoms with E-state index in [0.717, 1.165) is 11.1 Å². The van der Waals surface area contributed by atoms with Crippen LogP contribution in [0.1, 0.15) is 44.7 Å². The van der Waals surface area contributed by atoms with Crippen LogP contribution in [0.5, 0.6) is 0 Å². The third kappa shape index (κ3) is 7.90. The molecule has 3 aromatic carbocycles. The Morgan fingerprint density at radius 3 is 1.18 bits per heavy atom. The highest BCUT2D eigenvalue weighted by Gasteiger charge is 2.11. The Balaban J connectivity index is 1.38. The number of rotatable bonds is 8. The molecule has 0 fully saturated rings. The van der Waals surface area contributed by atoms with Gasteiger partial charge in [0, 0.05) is 24.0 Å². The standard InChI is InChI=1S/C26H26N4O4/c31-23(17-11-19-7-3-1-4-8-19)27-29-25(33)21-13-15-22(16-14-21)26(34)30-28-24(32)18-12-20-9-5-2-6-10-20/h1-10,13-16H,11-12,17-18H2,(H,27,31)(H,28,32)(H,29,33)(H,30,34). The first-order chi connectivity index (χ1) is 16.5. The Hall–Kier alpha value is -4.46. The number of amides is 4. The number of carbonyl (C=O) groups is 4. The fourth-order valence-corrected chi connectivity index (χ4v) is 3.10. The second-order valence-electron chi connectivity index (χ2n) is 7.55. The van der Waals surface area contributed by atoms with Gasteiger partial charge in [-0.25, -0.2) is 0 Å². The summed E-state index contributed by atoms with van der Waals surface area (Å²) in [6.45, 7) is 0. The Morgan fingerprint density at radius 1 is 0.471 bits per heavy atom. The maximum absolute atomic E-state index is 12.2. The van der Waals surface area contributed by atoms with E-state index in [4.69, 9.17) is 0 Å². The van der Waals surface area contributed by atoms with Crippen LogP contribution < -0.4 is 21.7 Å². The molecule has 0 radical (unpaired) electrons. The number of hydrogen-bond donors (Lipinski definition) is 4. The van der Waals surface area contributed by atoms with Gasteiger partial charge in [-0.15, -0.1) is 0 Å². The number of carbonyl (C=O) groups excluding carboxylic acids is 4. The molecule has 3 aromatic rings. The highest BCUT2D eigenvalue weighted by Crippen LogP contribution is 2.05. The lowest BCUT2D eigenvalue weighted by Gasteiger charge is -2.09. The van der Waals surface area contributed by atoms with Crippen LogP contribution in [-0.4, -0.2) is 23.6 Å². The van der Waals surface area contributed by atoms with Crippen LogP contribution in [-0.2, 0) is 22.4 Å². The maximum Gasteiger partial charge on any atom is 0.269 e. The SMILES string of the molecule is O=C(CCc1ccccc1)NNC(=O)c1ccc(C(=O)NNC(=O)CCc2ccccc2)cc1. The molecule has 0 bridgehead atoms. The minimum Gasteiger partial charge on any atom is -0.273 e. The molecular weight excluding hydrogens is 432 g/mol. The van der Waals surface area contributed by atoms with Gasteiger partial charge in [-0.1, -0.05) is 60.7 Å². The predicted octanol–water partition coefficient (Wildman–Crippen LogP) is 2.47. The first kappa shape index (κ1) is 24.2. The number of hydrogen-bond acceptors (Lipinski definition) is 4. The predicted molar refractivity (Wildman–Crippen MR) is 127 cm³/mol. The van der Waals surface area contributed by atoms with Crippen molar-refractivity contribution in [1.29, 1.82) is 0 Å². The molecule has 0 saturated heterocycles. The van der Waals surface area contributed by atoms with Gasteiger partial charge in [-0.2, -0.15) is 0 Å². The van der Waals surface area contributed by atoms with E-state index in [0.29, 0.717) is 12.8 Å². The van der Waals surface area contributed by atoms with Gasteiger partial charge in [0.2, 0.25) is 11.8 Å². The van der Waals surface area contributed by atoms with Crippen LogP contribution in [0.2, 0.25) is 0 Å². The average molecular weight is 459 g/mol. The molecule has 174 valence electrons. The summed E-state index contributed by atoms with van der Waals surface area (Å²) in [5.74, 6) is -1.63. The lowest BCUT2D eigenvalue weighted by molar-refractivity contribution is -0.122. The second-order valence-corrected chi connectivity index (χ2v) is 7.55. The van der Waals surface area contributed by atoms with Gasteiger partial charge >= 0.3 is 0 Å². The van der Waals surface area contributed by atoms with E-state index in [2.05, 4.69) is 21.7 Å². The van der Waals surface area contributed by atoms with Gasteiger partial charge in [0.15, 0.2) is 0 Å². The van der Waals surface area contributed by atoms with Crippen LogP contribution in [0.15, 0.2) is 84.9 Å². The normalized spacial score (nSPS) is 10.1. The molecule has 8 nitrogen and oxygen atoms in total. The molecule has 0 aliphatic rings. The monoisotopic (exact) mass is 458 g/mol. The van der Waals surface area contributed by atoms with E-state index in [1.807, 2.05) is 60.7 Å². The van der Waals surface area contributed by atoms with Crippen molar-refractivity contribution in [3.05, 3.63) is 107 Å². The fourth-order valence-electron chi connectivity index (χ4n) is 3.10. The van der Waals surface area contributed by atoms with Crippen molar-refractivity contribution >= 4 is 23.6 Å². The van der Waals surface area contributed by atoms with E-state index >= 15 is 0 Å². The Labute approximate surface area is 197 Å². The molecule has 4 N–H and O–H groups in total. The topological polar surface area (TPSA) is 116 Å². The quantitative estimate of drug-likeness (QED) is 0.388. The summed E-state index contributed by atoms with van der Waals surface area (Å²) in [7, 11) is 0. The van der Waals surface area contributed by atoms with Crippen LogP contribution in [0.4, 0.5) is 0 Å². The highest BCUT2D eigenvalue weighted by molar-refractivity contribution is 5.98. The summed E-state index contributed by atoms with van der Waals surface area (Å²) in [6, 6.07) is 25.0. The number of aryl methyl sites for hydroxylation is 2. The van der Waals surface area contributed by atoms with Crippen molar-refractivity contribution in [1.82, 2.24) is 21.7 Å². The van der Waals surface area contributed by atoms with E-state index < -0.39 is 11.8 Å². The summed E-state index contributed by atoms with van der Waals surface area (Å²) in [5, 5.41) is 0. The molecule has 34 heavy (non-hydrogen) atoms. The third-order valence-corrected chi connectivity index (χ3v) is 5.01. The van der Waals surface area contributed by atoms with Gasteiger partial charge in [0.05, 0.1) is 0 Å². The number of benzene rings is 3. The summed E-state index contributed by atoms with van der Waals surface area (Å²) in [4.78, 5) is 48.3. The summed E-state index contributed by atoms with van der Waals surface area (Å²) in [5.41, 5.74) is 12.1. The molecular formula is C26H26N4O4. The van der Waals surface area contributed by atoms with Crippen molar-refractivity contribution in [3.63, 3.8) is 0 Å². The highest BCUT2D eigenvalue weighted by atomic mass is 16.2. The average Bonchev–Trinajstić information content (AvgIpc) is 2.89. The van der Waals surface area contributed by atoms with Crippen molar-refractivity contribution in [2.75, 3.05) is 0 Å². The van der Waals surface area contributed by atoms with Crippen LogP contribution >= 0.6 is 0 Å². The molecule has 0 saturated carbocycles. The Morgan fingerprint density at radius 2 is 0.824 bits per heavy atom. The smallest absolute Gasteiger partial charge is 0.269 e. The zero-order valence-corrected chi connectivity index (χ0v) is 18.5. The van der Waals surface area contributed by atoms with Crippen molar-refractivity contribution in [2.24, 2.45) is 0 Å². The second kappa shape index (κ2) is 12.5. The number of hydrazine groups is 2. The zero-order valence-electron chi connectivity index (χ0n) is 18.5. The van der Waals surface area contributed by atoms with Gasteiger partial charge in [0.25, 0.3) is 11.8 Å². The lowest BCUT2D eigenvalue weighted by atomic mass is 10.1. The summed E-state index contributed by atoms with van der Waals surface area (Å²) in [6.07, 6.45) is 1.60. The molecule has 4 amide bonds. The molecule has 0 unspecified atom stereocenters. The van der Waals surface area contributed by atoms with Crippen molar-refractivity contribution < 1.29 is 19.2 Å².